The Hall–Kier alpha value is -2.11. The molecular formula is C14H17FN2O3. The number of urea groups is 1. The van der Waals surface area contributed by atoms with Gasteiger partial charge in [0.1, 0.15) is 11.4 Å². The number of carbonyl (C=O) groups excluding carboxylic acids is 1. The van der Waals surface area contributed by atoms with Crippen LogP contribution in [-0.4, -0.2) is 35.1 Å². The Morgan fingerprint density at radius 2 is 2.20 bits per heavy atom. The highest BCUT2D eigenvalue weighted by Gasteiger charge is 2.23. The van der Waals surface area contributed by atoms with Gasteiger partial charge < -0.3 is 15.3 Å². The van der Waals surface area contributed by atoms with Crippen molar-refractivity contribution in [2.24, 2.45) is 5.92 Å². The van der Waals surface area contributed by atoms with E-state index in [0.717, 1.165) is 18.9 Å². The molecule has 6 heteroatoms. The molecule has 5 nitrogen and oxygen atoms in total. The molecule has 1 saturated heterocycles. The highest BCUT2D eigenvalue weighted by Crippen LogP contribution is 2.21. The van der Waals surface area contributed by atoms with Crippen LogP contribution < -0.4 is 5.32 Å². The zero-order valence-electron chi connectivity index (χ0n) is 11.2. The van der Waals surface area contributed by atoms with Crippen LogP contribution in [0.4, 0.5) is 14.9 Å². The van der Waals surface area contributed by atoms with Crippen LogP contribution in [0.25, 0.3) is 0 Å². The van der Waals surface area contributed by atoms with E-state index < -0.39 is 17.3 Å². The summed E-state index contributed by atoms with van der Waals surface area (Å²) in [7, 11) is 0. The number of hydrogen-bond donors (Lipinski definition) is 2. The first kappa shape index (κ1) is 14.3. The number of carboxylic acid groups (broad SMARTS) is 1. The first-order chi connectivity index (χ1) is 9.49. The molecule has 0 saturated carbocycles. The zero-order chi connectivity index (χ0) is 14.7. The fourth-order valence-electron chi connectivity index (χ4n) is 2.41. The van der Waals surface area contributed by atoms with E-state index in [1.807, 2.05) is 0 Å². The van der Waals surface area contributed by atoms with Crippen LogP contribution in [0.2, 0.25) is 0 Å². The van der Waals surface area contributed by atoms with E-state index in [9.17, 15) is 14.0 Å². The summed E-state index contributed by atoms with van der Waals surface area (Å²) in [4.78, 5) is 24.8. The number of aromatic carboxylic acids is 1. The molecule has 0 bridgehead atoms. The predicted octanol–water partition coefficient (Wildman–Crippen LogP) is 2.79. The van der Waals surface area contributed by atoms with Crippen LogP contribution in [0, 0.1) is 11.7 Å². The van der Waals surface area contributed by atoms with Crippen LogP contribution in [0.15, 0.2) is 18.2 Å². The largest absolute Gasteiger partial charge is 0.478 e. The number of hydrogen-bond acceptors (Lipinski definition) is 2. The van der Waals surface area contributed by atoms with E-state index in [0.29, 0.717) is 19.0 Å². The van der Waals surface area contributed by atoms with E-state index in [-0.39, 0.29) is 11.7 Å². The Bertz CT molecular complexity index is 533. The van der Waals surface area contributed by atoms with Gasteiger partial charge in [-0.05, 0) is 30.9 Å². The van der Waals surface area contributed by atoms with Crippen molar-refractivity contribution in [3.05, 3.63) is 29.6 Å². The van der Waals surface area contributed by atoms with Gasteiger partial charge in [0.15, 0.2) is 0 Å². The first-order valence-electron chi connectivity index (χ1n) is 6.56. The maximum atomic E-state index is 13.5. The normalized spacial score (nSPS) is 18.7. The third kappa shape index (κ3) is 3.07. The van der Waals surface area contributed by atoms with Crippen molar-refractivity contribution in [1.29, 1.82) is 0 Å². The van der Waals surface area contributed by atoms with Gasteiger partial charge in [0.2, 0.25) is 0 Å². The van der Waals surface area contributed by atoms with Gasteiger partial charge in [-0.2, -0.15) is 0 Å². The third-order valence-electron chi connectivity index (χ3n) is 3.41. The number of anilines is 1. The maximum Gasteiger partial charge on any atom is 0.340 e. The Morgan fingerprint density at radius 1 is 1.45 bits per heavy atom. The van der Waals surface area contributed by atoms with Crippen molar-refractivity contribution in [2.75, 3.05) is 18.4 Å². The Labute approximate surface area is 116 Å². The van der Waals surface area contributed by atoms with Crippen molar-refractivity contribution < 1.29 is 19.1 Å². The lowest BCUT2D eigenvalue weighted by atomic mass is 10.0. The summed E-state index contributed by atoms with van der Waals surface area (Å²) in [5.41, 5.74) is -0.522. The molecule has 1 heterocycles. The standard InChI is InChI=1S/C14H17FN2O3/c1-9-4-3-7-17(8-9)14(20)16-11-6-2-5-10(15)12(11)13(18)19/h2,5-6,9H,3-4,7-8H2,1H3,(H,16,20)(H,18,19). The molecule has 108 valence electrons. The molecule has 0 radical (unpaired) electrons. The number of carboxylic acids is 1. The Kier molecular flexibility index (Phi) is 4.22. The van der Waals surface area contributed by atoms with Crippen LogP contribution in [-0.2, 0) is 0 Å². The highest BCUT2D eigenvalue weighted by molar-refractivity contribution is 6.00. The zero-order valence-corrected chi connectivity index (χ0v) is 11.2. The molecule has 1 unspecified atom stereocenters. The number of benzene rings is 1. The Balaban J connectivity index is 2.15. The quantitative estimate of drug-likeness (QED) is 0.875. The van der Waals surface area contributed by atoms with Crippen molar-refractivity contribution in [1.82, 2.24) is 4.90 Å². The van der Waals surface area contributed by atoms with Gasteiger partial charge in [0, 0.05) is 13.1 Å². The van der Waals surface area contributed by atoms with Gasteiger partial charge in [0.05, 0.1) is 5.69 Å². The number of likely N-dealkylation sites (tertiary alicyclic amines) is 1. The minimum absolute atomic E-state index is 0.0132. The smallest absolute Gasteiger partial charge is 0.340 e. The van der Waals surface area contributed by atoms with Gasteiger partial charge in [-0.15, -0.1) is 0 Å². The maximum absolute atomic E-state index is 13.5. The van der Waals surface area contributed by atoms with Gasteiger partial charge in [-0.1, -0.05) is 13.0 Å². The summed E-state index contributed by atoms with van der Waals surface area (Å²) in [6.45, 7) is 3.32. The fraction of sp³-hybridized carbons (Fsp3) is 0.429. The van der Waals surface area contributed by atoms with E-state index in [1.165, 1.54) is 12.1 Å². The summed E-state index contributed by atoms with van der Waals surface area (Å²) in [6.07, 6.45) is 1.99. The van der Waals surface area contributed by atoms with Gasteiger partial charge in [0.25, 0.3) is 0 Å². The van der Waals surface area contributed by atoms with E-state index >= 15 is 0 Å². The number of nitrogens with one attached hydrogen (secondary N) is 1. The van der Waals surface area contributed by atoms with Gasteiger partial charge in [-0.25, -0.2) is 14.0 Å². The van der Waals surface area contributed by atoms with Crippen molar-refractivity contribution in [3.63, 3.8) is 0 Å². The van der Waals surface area contributed by atoms with Crippen LogP contribution >= 0.6 is 0 Å². The number of nitrogens with zero attached hydrogens (tertiary/aromatic N) is 1. The molecule has 2 N–H and O–H groups in total. The van der Waals surface area contributed by atoms with E-state index in [2.05, 4.69) is 12.2 Å². The predicted molar refractivity (Wildman–Crippen MR) is 72.3 cm³/mol. The minimum atomic E-state index is -1.40. The van der Waals surface area contributed by atoms with Crippen molar-refractivity contribution >= 4 is 17.7 Å². The third-order valence-corrected chi connectivity index (χ3v) is 3.41. The van der Waals surface area contributed by atoms with Gasteiger partial charge >= 0.3 is 12.0 Å². The lowest BCUT2D eigenvalue weighted by Gasteiger charge is -2.31. The number of carbonyl (C=O) groups is 2. The number of halogens is 1. The van der Waals surface area contributed by atoms with Crippen molar-refractivity contribution in [3.8, 4) is 0 Å². The summed E-state index contributed by atoms with van der Waals surface area (Å²) in [6, 6.07) is 3.43. The van der Waals surface area contributed by atoms with Crippen LogP contribution in [0.3, 0.4) is 0 Å². The molecule has 0 aliphatic carbocycles. The second kappa shape index (κ2) is 5.90. The molecule has 1 aliphatic heterocycles. The average molecular weight is 280 g/mol. The molecule has 1 aliphatic rings. The Morgan fingerprint density at radius 3 is 2.85 bits per heavy atom. The molecule has 0 aromatic heterocycles. The molecule has 1 atom stereocenters. The first-order valence-corrected chi connectivity index (χ1v) is 6.56. The van der Waals surface area contributed by atoms with Crippen LogP contribution in [0.5, 0.6) is 0 Å². The van der Waals surface area contributed by atoms with Gasteiger partial charge in [-0.3, -0.25) is 0 Å². The van der Waals surface area contributed by atoms with Crippen LogP contribution in [0.1, 0.15) is 30.1 Å². The molecular weight excluding hydrogens is 263 g/mol. The van der Waals surface area contributed by atoms with E-state index in [4.69, 9.17) is 5.11 Å². The lowest BCUT2D eigenvalue weighted by molar-refractivity contribution is 0.0693. The second-order valence-corrected chi connectivity index (χ2v) is 5.09. The minimum Gasteiger partial charge on any atom is -0.478 e. The molecule has 0 spiro atoms. The summed E-state index contributed by atoms with van der Waals surface area (Å²) >= 11 is 0. The lowest BCUT2D eigenvalue weighted by Crippen LogP contribution is -2.41. The SMILES string of the molecule is CC1CCCN(C(=O)Nc2cccc(F)c2C(=O)O)C1. The van der Waals surface area contributed by atoms with E-state index in [1.54, 1.807) is 4.90 Å². The topological polar surface area (TPSA) is 69.6 Å². The highest BCUT2D eigenvalue weighted by atomic mass is 19.1. The fourth-order valence-corrected chi connectivity index (χ4v) is 2.41. The molecule has 1 aromatic rings. The summed E-state index contributed by atoms with van der Waals surface area (Å²) < 4.78 is 13.5. The molecule has 2 rings (SSSR count). The van der Waals surface area contributed by atoms with Crippen molar-refractivity contribution in [2.45, 2.75) is 19.8 Å². The molecule has 2 amide bonds. The molecule has 20 heavy (non-hydrogen) atoms. The number of piperidine rings is 1. The summed E-state index contributed by atoms with van der Waals surface area (Å²) in [5, 5.41) is 11.5. The molecule has 1 aromatic carbocycles. The summed E-state index contributed by atoms with van der Waals surface area (Å²) in [5.74, 6) is -1.84. The monoisotopic (exact) mass is 280 g/mol. The average Bonchev–Trinajstić information content (AvgIpc) is 2.38. The second-order valence-electron chi connectivity index (χ2n) is 5.09. The number of rotatable bonds is 2. The number of amides is 2. The molecule has 1 fully saturated rings.